The maximum absolute atomic E-state index is 13.1. The molecular formula is C25H32N2O6S. The molecule has 0 bridgehead atoms. The topological polar surface area (TPSA) is 113 Å². The summed E-state index contributed by atoms with van der Waals surface area (Å²) in [7, 11) is -3.87. The van der Waals surface area contributed by atoms with E-state index in [2.05, 4.69) is 5.32 Å². The maximum Gasteiger partial charge on any atom is 0.326 e. The van der Waals surface area contributed by atoms with Crippen molar-refractivity contribution in [3.63, 3.8) is 0 Å². The molecule has 2 aromatic rings. The van der Waals surface area contributed by atoms with Gasteiger partial charge in [0, 0.05) is 13.0 Å². The van der Waals surface area contributed by atoms with Crippen LogP contribution in [-0.2, 0) is 26.0 Å². The number of benzene rings is 2. The van der Waals surface area contributed by atoms with Crippen molar-refractivity contribution in [2.75, 3.05) is 6.54 Å². The quantitative estimate of drug-likeness (QED) is 0.590. The summed E-state index contributed by atoms with van der Waals surface area (Å²) in [6, 6.07) is 11.3. The van der Waals surface area contributed by atoms with Gasteiger partial charge in [-0.3, -0.25) is 4.79 Å². The van der Waals surface area contributed by atoms with Crippen molar-refractivity contribution >= 4 is 21.9 Å². The molecule has 0 aliphatic carbocycles. The number of ether oxygens (including phenoxy) is 1. The second-order valence-corrected chi connectivity index (χ2v) is 11.4. The van der Waals surface area contributed by atoms with Crippen LogP contribution in [0.15, 0.2) is 53.4 Å². The van der Waals surface area contributed by atoms with Gasteiger partial charge in [0.2, 0.25) is 15.9 Å². The number of aryl methyl sites for hydroxylation is 1. The molecule has 9 heteroatoms. The molecule has 184 valence electrons. The summed E-state index contributed by atoms with van der Waals surface area (Å²) in [6.45, 7) is 7.87. The van der Waals surface area contributed by atoms with Crippen LogP contribution in [0.2, 0.25) is 0 Å². The van der Waals surface area contributed by atoms with E-state index in [1.807, 2.05) is 27.7 Å². The minimum absolute atomic E-state index is 0.0638. The lowest BCUT2D eigenvalue weighted by Gasteiger charge is -2.25. The Bertz CT molecular complexity index is 1120. The molecule has 1 fully saturated rings. The smallest absolute Gasteiger partial charge is 0.326 e. The highest BCUT2D eigenvalue weighted by Gasteiger charge is 2.40. The standard InChI is InChI=1S/C25H32N2O6S/c1-17-7-13-20(14-8-17)34(31,32)27-15-5-6-22(27)23(28)26-21(24(29)30)16-18-9-11-19(12-10-18)33-25(2,3)4/h7-14,21-22H,5-6,15-16H2,1-4H3,(H,26,28)(H,29,30)/t21-,22-/m0/s1. The number of carbonyl (C=O) groups is 2. The van der Waals surface area contributed by atoms with E-state index in [0.717, 1.165) is 5.56 Å². The molecule has 1 aliphatic rings. The molecule has 0 aromatic heterocycles. The Morgan fingerprint density at radius 1 is 1.12 bits per heavy atom. The van der Waals surface area contributed by atoms with Crippen molar-refractivity contribution in [1.29, 1.82) is 0 Å². The largest absolute Gasteiger partial charge is 0.488 e. The van der Waals surface area contributed by atoms with Crippen molar-refractivity contribution in [2.24, 2.45) is 0 Å². The number of hydrogen-bond donors (Lipinski definition) is 2. The van der Waals surface area contributed by atoms with E-state index < -0.39 is 34.0 Å². The molecule has 1 amide bonds. The summed E-state index contributed by atoms with van der Waals surface area (Å²) >= 11 is 0. The average molecular weight is 489 g/mol. The lowest BCUT2D eigenvalue weighted by molar-refractivity contribution is -0.142. The van der Waals surface area contributed by atoms with Gasteiger partial charge in [-0.25, -0.2) is 13.2 Å². The zero-order chi connectivity index (χ0) is 25.1. The van der Waals surface area contributed by atoms with Gasteiger partial charge in [-0.15, -0.1) is 0 Å². The van der Waals surface area contributed by atoms with E-state index in [0.29, 0.717) is 24.2 Å². The van der Waals surface area contributed by atoms with E-state index in [4.69, 9.17) is 4.74 Å². The van der Waals surface area contributed by atoms with Crippen molar-refractivity contribution in [2.45, 2.75) is 69.5 Å². The molecule has 0 radical (unpaired) electrons. The van der Waals surface area contributed by atoms with Gasteiger partial charge >= 0.3 is 5.97 Å². The zero-order valence-corrected chi connectivity index (χ0v) is 20.8. The van der Waals surface area contributed by atoms with Crippen molar-refractivity contribution in [1.82, 2.24) is 9.62 Å². The molecular weight excluding hydrogens is 456 g/mol. The van der Waals surface area contributed by atoms with Crippen molar-refractivity contribution in [3.05, 3.63) is 59.7 Å². The summed E-state index contributed by atoms with van der Waals surface area (Å²) in [5.41, 5.74) is 1.28. The molecule has 2 atom stereocenters. The Balaban J connectivity index is 1.71. The van der Waals surface area contributed by atoms with Crippen LogP contribution in [-0.4, -0.2) is 53.9 Å². The van der Waals surface area contributed by atoms with Crippen LogP contribution in [0.4, 0.5) is 0 Å². The number of carbonyl (C=O) groups excluding carboxylic acids is 1. The molecule has 0 spiro atoms. The fourth-order valence-corrected chi connectivity index (χ4v) is 5.54. The van der Waals surface area contributed by atoms with E-state index >= 15 is 0 Å². The van der Waals surface area contributed by atoms with Crippen LogP contribution in [0.3, 0.4) is 0 Å². The number of nitrogens with one attached hydrogen (secondary N) is 1. The Morgan fingerprint density at radius 2 is 1.74 bits per heavy atom. The van der Waals surface area contributed by atoms with Gasteiger partial charge < -0.3 is 15.2 Å². The molecule has 1 aliphatic heterocycles. The molecule has 0 saturated carbocycles. The number of rotatable bonds is 8. The number of carboxylic acid groups (broad SMARTS) is 1. The third-order valence-electron chi connectivity index (χ3n) is 5.54. The number of hydrogen-bond acceptors (Lipinski definition) is 5. The fourth-order valence-electron chi connectivity index (χ4n) is 3.89. The predicted octanol–water partition coefficient (Wildman–Crippen LogP) is 3.14. The SMILES string of the molecule is Cc1ccc(S(=O)(=O)N2CCC[C@H]2C(=O)N[C@@H](Cc2ccc(OC(C)(C)C)cc2)C(=O)O)cc1. The molecule has 2 N–H and O–H groups in total. The highest BCUT2D eigenvalue weighted by molar-refractivity contribution is 7.89. The third kappa shape index (κ3) is 6.36. The Morgan fingerprint density at radius 3 is 2.29 bits per heavy atom. The lowest BCUT2D eigenvalue weighted by Crippen LogP contribution is -2.51. The highest BCUT2D eigenvalue weighted by Crippen LogP contribution is 2.27. The number of amides is 1. The number of sulfonamides is 1. The van der Waals surface area contributed by atoms with Crippen LogP contribution < -0.4 is 10.1 Å². The van der Waals surface area contributed by atoms with Gasteiger partial charge in [-0.2, -0.15) is 4.31 Å². The minimum atomic E-state index is -3.87. The first-order valence-corrected chi connectivity index (χ1v) is 12.7. The second-order valence-electron chi connectivity index (χ2n) is 9.55. The van der Waals surface area contributed by atoms with Crippen LogP contribution in [0.1, 0.15) is 44.7 Å². The van der Waals surface area contributed by atoms with E-state index in [-0.39, 0.29) is 23.5 Å². The summed E-state index contributed by atoms with van der Waals surface area (Å²) in [5, 5.41) is 12.2. The summed E-state index contributed by atoms with van der Waals surface area (Å²) in [5.74, 6) is -1.13. The van der Waals surface area contributed by atoms with Crippen LogP contribution in [0.5, 0.6) is 5.75 Å². The third-order valence-corrected chi connectivity index (χ3v) is 7.46. The predicted molar refractivity (Wildman–Crippen MR) is 128 cm³/mol. The normalized spacial score (nSPS) is 17.8. The van der Waals surface area contributed by atoms with Gasteiger partial charge in [0.15, 0.2) is 0 Å². The Hall–Kier alpha value is -2.91. The molecule has 1 saturated heterocycles. The molecule has 3 rings (SSSR count). The van der Waals surface area contributed by atoms with Gasteiger partial charge in [0.1, 0.15) is 23.4 Å². The molecule has 0 unspecified atom stereocenters. The molecule has 2 aromatic carbocycles. The average Bonchev–Trinajstić information content (AvgIpc) is 3.25. The molecule has 34 heavy (non-hydrogen) atoms. The van der Waals surface area contributed by atoms with Gasteiger partial charge in [0.05, 0.1) is 4.90 Å². The number of nitrogens with zero attached hydrogens (tertiary/aromatic N) is 1. The summed E-state index contributed by atoms with van der Waals surface area (Å²) in [4.78, 5) is 25.0. The highest BCUT2D eigenvalue weighted by atomic mass is 32.2. The van der Waals surface area contributed by atoms with E-state index in [1.54, 1.807) is 36.4 Å². The zero-order valence-electron chi connectivity index (χ0n) is 19.9. The fraction of sp³-hybridized carbons (Fsp3) is 0.440. The lowest BCUT2D eigenvalue weighted by atomic mass is 10.0. The van der Waals surface area contributed by atoms with Gasteiger partial charge in [-0.05, 0) is 70.4 Å². The second kappa shape index (κ2) is 10.1. The first-order valence-electron chi connectivity index (χ1n) is 11.3. The summed E-state index contributed by atoms with van der Waals surface area (Å²) < 4.78 is 33.2. The van der Waals surface area contributed by atoms with Crippen molar-refractivity contribution in [3.8, 4) is 5.75 Å². The van der Waals surface area contributed by atoms with Crippen LogP contribution in [0.25, 0.3) is 0 Å². The number of carboxylic acids is 1. The Kier molecular flexibility index (Phi) is 7.67. The molecule has 1 heterocycles. The van der Waals surface area contributed by atoms with E-state index in [1.165, 1.54) is 16.4 Å². The van der Waals surface area contributed by atoms with Gasteiger partial charge in [-0.1, -0.05) is 29.8 Å². The maximum atomic E-state index is 13.1. The summed E-state index contributed by atoms with van der Waals surface area (Å²) in [6.07, 6.45) is 0.923. The first kappa shape index (κ1) is 25.7. The number of aliphatic carboxylic acids is 1. The first-order chi connectivity index (χ1) is 15.9. The Labute approximate surface area is 201 Å². The van der Waals surface area contributed by atoms with Crippen molar-refractivity contribution < 1.29 is 27.9 Å². The monoisotopic (exact) mass is 488 g/mol. The minimum Gasteiger partial charge on any atom is -0.488 e. The van der Waals surface area contributed by atoms with E-state index in [9.17, 15) is 23.1 Å². The van der Waals surface area contributed by atoms with Crippen LogP contribution in [0, 0.1) is 6.92 Å². The van der Waals surface area contributed by atoms with Crippen LogP contribution >= 0.6 is 0 Å². The molecule has 8 nitrogen and oxygen atoms in total. The van der Waals surface area contributed by atoms with Gasteiger partial charge in [0.25, 0.3) is 0 Å².